The summed E-state index contributed by atoms with van der Waals surface area (Å²) in [5.41, 5.74) is 2.49. The second-order valence-corrected chi connectivity index (χ2v) is 9.02. The lowest BCUT2D eigenvalue weighted by Crippen LogP contribution is -2.39. The van der Waals surface area contributed by atoms with Crippen molar-refractivity contribution in [3.8, 4) is 0 Å². The molecule has 0 fully saturated rings. The number of hydrogen-bond acceptors (Lipinski definition) is 2. The molecule has 1 aromatic rings. The Bertz CT molecular complexity index is 433. The van der Waals surface area contributed by atoms with E-state index in [1.165, 1.54) is 11.1 Å². The van der Waals surface area contributed by atoms with Gasteiger partial charge in [0.1, 0.15) is 0 Å². The molecular weight excluding hydrogens is 266 g/mol. The van der Waals surface area contributed by atoms with Gasteiger partial charge in [0.2, 0.25) is 0 Å². The molecule has 1 N–H and O–H groups in total. The number of rotatable bonds is 6. The zero-order valence-corrected chi connectivity index (χ0v) is 14.5. The van der Waals surface area contributed by atoms with Gasteiger partial charge in [-0.15, -0.1) is 0 Å². The van der Waals surface area contributed by atoms with Gasteiger partial charge in [-0.3, -0.25) is 4.21 Å². The van der Waals surface area contributed by atoms with E-state index in [1.807, 2.05) is 20.8 Å². The maximum absolute atomic E-state index is 12.7. The first-order valence-electron chi connectivity index (χ1n) is 7.48. The zero-order valence-electron chi connectivity index (χ0n) is 13.7. The van der Waals surface area contributed by atoms with Crippen LogP contribution in [0.4, 0.5) is 0 Å². The van der Waals surface area contributed by atoms with Crippen LogP contribution in [0, 0.1) is 6.92 Å². The summed E-state index contributed by atoms with van der Waals surface area (Å²) >= 11 is 0. The van der Waals surface area contributed by atoms with E-state index < -0.39 is 10.8 Å². The number of benzene rings is 1. The third-order valence-electron chi connectivity index (χ3n) is 3.46. The van der Waals surface area contributed by atoms with Gasteiger partial charge in [0.15, 0.2) is 0 Å². The largest absolute Gasteiger partial charge is 0.309 e. The van der Waals surface area contributed by atoms with Crippen LogP contribution in [-0.2, 0) is 10.8 Å². The Labute approximate surface area is 126 Å². The number of hydrogen-bond donors (Lipinski definition) is 1. The molecule has 0 amide bonds. The Morgan fingerprint density at radius 2 is 1.75 bits per heavy atom. The normalized spacial score (nSPS) is 16.7. The molecule has 3 heteroatoms. The lowest BCUT2D eigenvalue weighted by Gasteiger charge is -2.30. The maximum Gasteiger partial charge on any atom is 0.0520 e. The minimum atomic E-state index is -0.884. The summed E-state index contributed by atoms with van der Waals surface area (Å²) in [6.07, 6.45) is 1.08. The van der Waals surface area contributed by atoms with Crippen molar-refractivity contribution in [3.05, 3.63) is 35.4 Å². The second kappa shape index (κ2) is 7.37. The zero-order chi connectivity index (χ0) is 15.3. The molecule has 114 valence electrons. The predicted octanol–water partition coefficient (Wildman–Crippen LogP) is 3.97. The molecule has 20 heavy (non-hydrogen) atoms. The summed E-state index contributed by atoms with van der Waals surface area (Å²) in [4.78, 5) is 0. The lowest BCUT2D eigenvalue weighted by atomic mass is 10.0. The van der Waals surface area contributed by atoms with Crippen LogP contribution in [0.3, 0.4) is 0 Å². The first kappa shape index (κ1) is 17.4. The van der Waals surface area contributed by atoms with E-state index in [1.54, 1.807) is 0 Å². The Kier molecular flexibility index (Phi) is 6.41. The van der Waals surface area contributed by atoms with Gasteiger partial charge in [0, 0.05) is 21.6 Å². The third-order valence-corrected chi connectivity index (χ3v) is 5.62. The van der Waals surface area contributed by atoms with Crippen molar-refractivity contribution in [1.82, 2.24) is 5.32 Å². The fourth-order valence-electron chi connectivity index (χ4n) is 2.31. The summed E-state index contributed by atoms with van der Waals surface area (Å²) in [5.74, 6) is 0. The Balaban J connectivity index is 2.99. The van der Waals surface area contributed by atoms with Crippen molar-refractivity contribution in [2.75, 3.05) is 6.54 Å². The topological polar surface area (TPSA) is 29.1 Å². The highest BCUT2D eigenvalue weighted by atomic mass is 32.2. The molecule has 0 radical (unpaired) electrons. The fraction of sp³-hybridized carbons (Fsp3) is 0.647. The molecular formula is C17H29NOS. The minimum Gasteiger partial charge on any atom is -0.309 e. The highest BCUT2D eigenvalue weighted by Crippen LogP contribution is 2.26. The van der Waals surface area contributed by atoms with Gasteiger partial charge in [0.25, 0.3) is 0 Å². The van der Waals surface area contributed by atoms with Crippen LogP contribution < -0.4 is 5.32 Å². The molecule has 0 spiro atoms. The van der Waals surface area contributed by atoms with Gasteiger partial charge < -0.3 is 5.32 Å². The lowest BCUT2D eigenvalue weighted by molar-refractivity contribution is 0.511. The molecule has 0 aliphatic carbocycles. The predicted molar refractivity (Wildman–Crippen MR) is 89.6 cm³/mol. The van der Waals surface area contributed by atoms with Crippen molar-refractivity contribution in [3.63, 3.8) is 0 Å². The van der Waals surface area contributed by atoms with Crippen LogP contribution in [0.2, 0.25) is 0 Å². The van der Waals surface area contributed by atoms with Gasteiger partial charge in [-0.1, -0.05) is 36.8 Å². The van der Waals surface area contributed by atoms with Crippen LogP contribution >= 0.6 is 0 Å². The summed E-state index contributed by atoms with van der Waals surface area (Å²) in [5, 5.41) is 3.65. The first-order chi connectivity index (χ1) is 9.27. The molecule has 3 unspecified atom stereocenters. The van der Waals surface area contributed by atoms with E-state index in [-0.39, 0.29) is 16.0 Å². The molecule has 0 aliphatic rings. The van der Waals surface area contributed by atoms with Crippen molar-refractivity contribution in [2.24, 2.45) is 0 Å². The van der Waals surface area contributed by atoms with E-state index in [0.717, 1.165) is 13.0 Å². The Morgan fingerprint density at radius 3 is 2.20 bits per heavy atom. The van der Waals surface area contributed by atoms with E-state index in [2.05, 4.69) is 50.4 Å². The van der Waals surface area contributed by atoms with Crippen LogP contribution in [-0.4, -0.2) is 20.8 Å². The van der Waals surface area contributed by atoms with Crippen LogP contribution in [0.15, 0.2) is 24.3 Å². The quantitative estimate of drug-likeness (QED) is 0.860. The van der Waals surface area contributed by atoms with Gasteiger partial charge in [0.05, 0.1) is 5.25 Å². The summed E-state index contributed by atoms with van der Waals surface area (Å²) in [6, 6.07) is 8.71. The standard InChI is InChI=1S/C17H29NOS/c1-7-12-18-16(14(3)20(19)17(4,5)6)15-10-8-13(2)9-11-15/h8-11,14,16,18H,7,12H2,1-6H3. The molecule has 0 bridgehead atoms. The van der Waals surface area contributed by atoms with Gasteiger partial charge in [-0.25, -0.2) is 0 Å². The van der Waals surface area contributed by atoms with Crippen molar-refractivity contribution in [2.45, 2.75) is 64.0 Å². The van der Waals surface area contributed by atoms with Gasteiger partial charge >= 0.3 is 0 Å². The molecule has 0 aromatic heterocycles. The Hall–Kier alpha value is -0.670. The van der Waals surface area contributed by atoms with Gasteiger partial charge in [-0.2, -0.15) is 0 Å². The van der Waals surface area contributed by atoms with Crippen LogP contribution in [0.25, 0.3) is 0 Å². The summed E-state index contributed by atoms with van der Waals surface area (Å²) in [7, 11) is -0.884. The van der Waals surface area contributed by atoms with Gasteiger partial charge in [-0.05, 0) is 53.1 Å². The minimum absolute atomic E-state index is 0.0873. The molecule has 0 saturated heterocycles. The Morgan fingerprint density at radius 1 is 1.20 bits per heavy atom. The average Bonchev–Trinajstić information content (AvgIpc) is 2.39. The van der Waals surface area contributed by atoms with E-state index in [9.17, 15) is 4.21 Å². The molecule has 2 nitrogen and oxygen atoms in total. The monoisotopic (exact) mass is 295 g/mol. The smallest absolute Gasteiger partial charge is 0.0520 e. The number of nitrogens with one attached hydrogen (secondary N) is 1. The molecule has 0 saturated carbocycles. The molecule has 1 aromatic carbocycles. The van der Waals surface area contributed by atoms with E-state index in [0.29, 0.717) is 0 Å². The van der Waals surface area contributed by atoms with Crippen molar-refractivity contribution >= 4 is 10.8 Å². The van der Waals surface area contributed by atoms with Crippen molar-refractivity contribution < 1.29 is 4.21 Å². The van der Waals surface area contributed by atoms with Crippen LogP contribution in [0.1, 0.15) is 58.2 Å². The van der Waals surface area contributed by atoms with E-state index >= 15 is 0 Å². The average molecular weight is 295 g/mol. The highest BCUT2D eigenvalue weighted by molar-refractivity contribution is 7.87. The SMILES string of the molecule is CCCNC(c1ccc(C)cc1)C(C)S(=O)C(C)(C)C. The molecule has 1 rings (SSSR count). The maximum atomic E-state index is 12.7. The molecule has 3 atom stereocenters. The molecule has 0 aliphatic heterocycles. The van der Waals surface area contributed by atoms with Crippen LogP contribution in [0.5, 0.6) is 0 Å². The molecule has 0 heterocycles. The summed E-state index contributed by atoms with van der Waals surface area (Å²) < 4.78 is 12.5. The summed E-state index contributed by atoms with van der Waals surface area (Å²) in [6.45, 7) is 13.4. The third kappa shape index (κ3) is 4.71. The van der Waals surface area contributed by atoms with E-state index in [4.69, 9.17) is 0 Å². The first-order valence-corrected chi connectivity index (χ1v) is 8.69. The highest BCUT2D eigenvalue weighted by Gasteiger charge is 2.31. The second-order valence-electron chi connectivity index (χ2n) is 6.46. The fourth-order valence-corrected chi connectivity index (χ4v) is 3.93. The number of aryl methyl sites for hydroxylation is 1. The van der Waals surface area contributed by atoms with Crippen molar-refractivity contribution in [1.29, 1.82) is 0 Å².